The first-order valence-electron chi connectivity index (χ1n) is 8.66. The standard InChI is InChI=1S/C18H22N4O4/c1-3-19-18(26)21(2)17(25)12-6-4-5-11-9-22(10-13(11)12)14-7-8-15(23)20-16(14)24/h4-6,14H,3,7-10H2,1-2H3,(H,19,26)(H,20,23,24). The van der Waals surface area contributed by atoms with Crippen molar-refractivity contribution < 1.29 is 19.2 Å². The number of urea groups is 1. The van der Waals surface area contributed by atoms with Crippen LogP contribution in [-0.4, -0.2) is 53.2 Å². The van der Waals surface area contributed by atoms with Crippen LogP contribution in [0.1, 0.15) is 41.3 Å². The fourth-order valence-corrected chi connectivity index (χ4v) is 3.44. The molecule has 0 bridgehead atoms. The molecule has 1 unspecified atom stereocenters. The lowest BCUT2D eigenvalue weighted by Gasteiger charge is -2.29. The molecule has 26 heavy (non-hydrogen) atoms. The number of imide groups is 2. The Morgan fingerprint density at radius 1 is 1.31 bits per heavy atom. The Morgan fingerprint density at radius 2 is 2.08 bits per heavy atom. The van der Waals surface area contributed by atoms with Crippen molar-refractivity contribution in [2.75, 3.05) is 13.6 Å². The molecule has 1 fully saturated rings. The van der Waals surface area contributed by atoms with Gasteiger partial charge in [-0.15, -0.1) is 0 Å². The summed E-state index contributed by atoms with van der Waals surface area (Å²) in [7, 11) is 1.44. The van der Waals surface area contributed by atoms with Crippen LogP contribution in [0.4, 0.5) is 4.79 Å². The highest BCUT2D eigenvalue weighted by molar-refractivity contribution is 6.05. The quantitative estimate of drug-likeness (QED) is 0.772. The van der Waals surface area contributed by atoms with Gasteiger partial charge in [-0.1, -0.05) is 12.1 Å². The molecule has 1 atom stereocenters. The van der Waals surface area contributed by atoms with E-state index in [1.165, 1.54) is 7.05 Å². The van der Waals surface area contributed by atoms with Crippen LogP contribution in [0, 0.1) is 0 Å². The van der Waals surface area contributed by atoms with E-state index < -0.39 is 6.03 Å². The minimum Gasteiger partial charge on any atom is -0.338 e. The summed E-state index contributed by atoms with van der Waals surface area (Å²) in [6.45, 7) is 3.20. The summed E-state index contributed by atoms with van der Waals surface area (Å²) in [5.74, 6) is -0.915. The van der Waals surface area contributed by atoms with E-state index in [-0.39, 0.29) is 23.8 Å². The first kappa shape index (κ1) is 18.1. The molecule has 138 valence electrons. The molecular formula is C18H22N4O4. The third kappa shape index (κ3) is 3.32. The maximum absolute atomic E-state index is 12.7. The first-order valence-corrected chi connectivity index (χ1v) is 8.66. The summed E-state index contributed by atoms with van der Waals surface area (Å²) in [4.78, 5) is 51.2. The summed E-state index contributed by atoms with van der Waals surface area (Å²) in [5.41, 5.74) is 2.26. The molecule has 1 aromatic carbocycles. The summed E-state index contributed by atoms with van der Waals surface area (Å²) >= 11 is 0. The lowest BCUT2D eigenvalue weighted by Crippen LogP contribution is -2.50. The van der Waals surface area contributed by atoms with E-state index in [1.54, 1.807) is 19.1 Å². The second-order valence-corrected chi connectivity index (χ2v) is 6.51. The third-order valence-corrected chi connectivity index (χ3v) is 4.83. The fourth-order valence-electron chi connectivity index (χ4n) is 3.44. The first-order chi connectivity index (χ1) is 12.4. The molecule has 2 N–H and O–H groups in total. The molecule has 2 aliphatic rings. The van der Waals surface area contributed by atoms with Gasteiger partial charge in [0.05, 0.1) is 6.04 Å². The van der Waals surface area contributed by atoms with Gasteiger partial charge in [-0.2, -0.15) is 0 Å². The number of nitrogens with zero attached hydrogens (tertiary/aromatic N) is 2. The maximum atomic E-state index is 12.7. The number of amides is 5. The number of fused-ring (bicyclic) bond motifs is 1. The van der Waals surface area contributed by atoms with Crippen molar-refractivity contribution in [2.24, 2.45) is 0 Å². The second kappa shape index (κ2) is 7.25. The second-order valence-electron chi connectivity index (χ2n) is 6.51. The SMILES string of the molecule is CCNC(=O)N(C)C(=O)c1cccc2c1CN(C1CCC(=O)NC1=O)C2. The van der Waals surface area contributed by atoms with E-state index in [1.807, 2.05) is 11.0 Å². The number of nitrogens with one attached hydrogen (secondary N) is 2. The van der Waals surface area contributed by atoms with Crippen LogP contribution < -0.4 is 10.6 Å². The van der Waals surface area contributed by atoms with Gasteiger partial charge in [-0.25, -0.2) is 4.79 Å². The molecule has 5 amide bonds. The Hall–Kier alpha value is -2.74. The minimum atomic E-state index is -0.449. The van der Waals surface area contributed by atoms with Gasteiger partial charge in [-0.05, 0) is 30.5 Å². The molecule has 8 heteroatoms. The van der Waals surface area contributed by atoms with Gasteiger partial charge in [-0.3, -0.25) is 29.5 Å². The van der Waals surface area contributed by atoms with E-state index in [9.17, 15) is 19.2 Å². The van der Waals surface area contributed by atoms with Crippen LogP contribution in [0.2, 0.25) is 0 Å². The predicted octanol–water partition coefficient (Wildman–Crippen LogP) is 0.609. The normalized spacial score (nSPS) is 19.7. The van der Waals surface area contributed by atoms with E-state index in [4.69, 9.17) is 0 Å². The van der Waals surface area contributed by atoms with E-state index in [2.05, 4.69) is 10.6 Å². The molecule has 0 aromatic heterocycles. The van der Waals surface area contributed by atoms with Gasteiger partial charge >= 0.3 is 6.03 Å². The summed E-state index contributed by atoms with van der Waals surface area (Å²) in [6.07, 6.45) is 0.787. The topological polar surface area (TPSA) is 98.8 Å². The summed E-state index contributed by atoms with van der Waals surface area (Å²) < 4.78 is 0. The van der Waals surface area contributed by atoms with Crippen LogP contribution in [-0.2, 0) is 22.7 Å². The van der Waals surface area contributed by atoms with E-state index in [0.717, 1.165) is 16.0 Å². The van der Waals surface area contributed by atoms with Gasteiger partial charge in [0.2, 0.25) is 11.8 Å². The number of carbonyl (C=O) groups excluding carboxylic acids is 4. The summed E-state index contributed by atoms with van der Waals surface area (Å²) in [5, 5.41) is 4.97. The average Bonchev–Trinajstić information content (AvgIpc) is 3.04. The number of carbonyl (C=O) groups is 4. The van der Waals surface area contributed by atoms with Gasteiger partial charge in [0.1, 0.15) is 0 Å². The Balaban J connectivity index is 1.80. The van der Waals surface area contributed by atoms with Gasteiger partial charge in [0, 0.05) is 38.7 Å². The van der Waals surface area contributed by atoms with Crippen molar-refractivity contribution in [1.29, 1.82) is 0 Å². The maximum Gasteiger partial charge on any atom is 0.324 e. The summed E-state index contributed by atoms with van der Waals surface area (Å²) in [6, 6.07) is 4.57. The van der Waals surface area contributed by atoms with Crippen molar-refractivity contribution in [2.45, 2.75) is 38.9 Å². The number of hydrogen-bond acceptors (Lipinski definition) is 5. The van der Waals surface area contributed by atoms with Crippen LogP contribution in [0.25, 0.3) is 0 Å². The molecule has 0 saturated carbocycles. The van der Waals surface area contributed by atoms with Crippen molar-refractivity contribution in [3.63, 3.8) is 0 Å². The molecule has 2 aliphatic heterocycles. The lowest BCUT2D eigenvalue weighted by molar-refractivity contribution is -0.137. The van der Waals surface area contributed by atoms with Gasteiger partial charge < -0.3 is 5.32 Å². The molecule has 0 radical (unpaired) electrons. The van der Waals surface area contributed by atoms with Crippen LogP contribution >= 0.6 is 0 Å². The van der Waals surface area contributed by atoms with Crippen molar-refractivity contribution in [3.8, 4) is 0 Å². The molecule has 2 heterocycles. The van der Waals surface area contributed by atoms with Gasteiger partial charge in [0.15, 0.2) is 0 Å². The molecular weight excluding hydrogens is 336 g/mol. The van der Waals surface area contributed by atoms with Crippen molar-refractivity contribution in [1.82, 2.24) is 20.4 Å². The van der Waals surface area contributed by atoms with E-state index in [0.29, 0.717) is 38.0 Å². The Kier molecular flexibility index (Phi) is 5.03. The Bertz CT molecular complexity index is 776. The van der Waals surface area contributed by atoms with Crippen LogP contribution in [0.3, 0.4) is 0 Å². The molecule has 1 saturated heterocycles. The molecule has 8 nitrogen and oxygen atoms in total. The zero-order valence-corrected chi connectivity index (χ0v) is 14.9. The lowest BCUT2D eigenvalue weighted by atomic mass is 10.0. The van der Waals surface area contributed by atoms with E-state index >= 15 is 0 Å². The molecule has 3 rings (SSSR count). The molecule has 0 aliphatic carbocycles. The monoisotopic (exact) mass is 358 g/mol. The zero-order valence-electron chi connectivity index (χ0n) is 14.9. The number of hydrogen-bond donors (Lipinski definition) is 2. The number of benzene rings is 1. The average molecular weight is 358 g/mol. The highest BCUT2D eigenvalue weighted by atomic mass is 16.2. The van der Waals surface area contributed by atoms with Crippen molar-refractivity contribution >= 4 is 23.8 Å². The highest BCUT2D eigenvalue weighted by Crippen LogP contribution is 2.30. The molecule has 1 aromatic rings. The largest absolute Gasteiger partial charge is 0.338 e. The minimum absolute atomic E-state index is 0.248. The van der Waals surface area contributed by atoms with Crippen LogP contribution in [0.15, 0.2) is 18.2 Å². The Labute approximate surface area is 151 Å². The number of piperidine rings is 1. The van der Waals surface area contributed by atoms with Crippen molar-refractivity contribution in [3.05, 3.63) is 34.9 Å². The fraction of sp³-hybridized carbons (Fsp3) is 0.444. The smallest absolute Gasteiger partial charge is 0.324 e. The zero-order chi connectivity index (χ0) is 18.8. The third-order valence-electron chi connectivity index (χ3n) is 4.83. The Morgan fingerprint density at radius 3 is 2.77 bits per heavy atom. The van der Waals surface area contributed by atoms with Gasteiger partial charge in [0.25, 0.3) is 5.91 Å². The number of rotatable bonds is 3. The van der Waals surface area contributed by atoms with Crippen LogP contribution in [0.5, 0.6) is 0 Å². The molecule has 0 spiro atoms. The highest BCUT2D eigenvalue weighted by Gasteiger charge is 2.36. The predicted molar refractivity (Wildman–Crippen MR) is 93.0 cm³/mol.